The summed E-state index contributed by atoms with van der Waals surface area (Å²) in [5, 5.41) is 2.73. The van der Waals surface area contributed by atoms with Crippen LogP contribution >= 0.6 is 15.9 Å². The molecular formula is C25H19BrFNO2. The first-order valence-electron chi connectivity index (χ1n) is 9.66. The van der Waals surface area contributed by atoms with Crippen LogP contribution in [-0.2, 0) is 4.74 Å². The predicted octanol–water partition coefficient (Wildman–Crippen LogP) is 5.87. The van der Waals surface area contributed by atoms with Crippen LogP contribution in [0, 0.1) is 17.7 Å². The summed E-state index contributed by atoms with van der Waals surface area (Å²) < 4.78 is 19.2. The molecule has 0 aliphatic heterocycles. The summed E-state index contributed by atoms with van der Waals surface area (Å²) in [7, 11) is 0. The first-order chi connectivity index (χ1) is 14.6. The van der Waals surface area contributed by atoms with Crippen LogP contribution in [0.1, 0.15) is 29.0 Å². The topological polar surface area (TPSA) is 38.3 Å². The third kappa shape index (κ3) is 4.39. The Balaban J connectivity index is 1.29. The van der Waals surface area contributed by atoms with Gasteiger partial charge in [-0.2, -0.15) is 0 Å². The Bertz CT molecular complexity index is 1100. The molecule has 5 heteroatoms. The summed E-state index contributed by atoms with van der Waals surface area (Å²) in [5.74, 6) is 5.65. The Morgan fingerprint density at radius 3 is 2.37 bits per heavy atom. The van der Waals surface area contributed by atoms with E-state index < -0.39 is 6.09 Å². The lowest BCUT2D eigenvalue weighted by atomic mass is 9.98. The summed E-state index contributed by atoms with van der Waals surface area (Å²) in [6.45, 7) is 0.663. The van der Waals surface area contributed by atoms with Gasteiger partial charge in [0.15, 0.2) is 0 Å². The molecule has 0 bridgehead atoms. The number of halogens is 2. The Kier molecular flexibility index (Phi) is 6.15. The summed E-state index contributed by atoms with van der Waals surface area (Å²) in [4.78, 5) is 12.1. The van der Waals surface area contributed by atoms with Crippen LogP contribution in [0.3, 0.4) is 0 Å². The smallest absolute Gasteiger partial charge is 0.407 e. The van der Waals surface area contributed by atoms with Crippen molar-refractivity contribution in [3.8, 4) is 23.0 Å². The van der Waals surface area contributed by atoms with Crippen molar-refractivity contribution in [2.45, 2.75) is 12.3 Å². The van der Waals surface area contributed by atoms with Gasteiger partial charge in [0, 0.05) is 28.9 Å². The van der Waals surface area contributed by atoms with Crippen LogP contribution in [-0.4, -0.2) is 19.2 Å². The van der Waals surface area contributed by atoms with Crippen LogP contribution < -0.4 is 5.32 Å². The number of amides is 1. The minimum Gasteiger partial charge on any atom is -0.449 e. The molecule has 1 aliphatic carbocycles. The van der Waals surface area contributed by atoms with Crippen molar-refractivity contribution < 1.29 is 13.9 Å². The van der Waals surface area contributed by atoms with Crippen LogP contribution in [0.25, 0.3) is 11.1 Å². The van der Waals surface area contributed by atoms with Crippen molar-refractivity contribution in [2.24, 2.45) is 0 Å². The summed E-state index contributed by atoms with van der Waals surface area (Å²) >= 11 is 3.28. The van der Waals surface area contributed by atoms with Gasteiger partial charge in [0.25, 0.3) is 0 Å². The number of hydrogen-bond donors (Lipinski definition) is 1. The van der Waals surface area contributed by atoms with Crippen molar-refractivity contribution in [3.63, 3.8) is 0 Å². The highest BCUT2D eigenvalue weighted by Gasteiger charge is 2.28. The molecule has 1 aliphatic rings. The second kappa shape index (κ2) is 9.15. The second-order valence-electron chi connectivity index (χ2n) is 6.93. The normalized spacial score (nSPS) is 11.8. The van der Waals surface area contributed by atoms with E-state index in [0.717, 1.165) is 0 Å². The molecule has 0 fully saturated rings. The first kappa shape index (κ1) is 20.2. The van der Waals surface area contributed by atoms with E-state index in [1.165, 1.54) is 34.4 Å². The third-order valence-corrected chi connectivity index (χ3v) is 5.67. The van der Waals surface area contributed by atoms with Gasteiger partial charge in [0.1, 0.15) is 12.4 Å². The highest BCUT2D eigenvalue weighted by molar-refractivity contribution is 9.10. The van der Waals surface area contributed by atoms with Crippen LogP contribution in [0.5, 0.6) is 0 Å². The minimum absolute atomic E-state index is 0.0405. The van der Waals surface area contributed by atoms with Gasteiger partial charge >= 0.3 is 6.09 Å². The lowest BCUT2D eigenvalue weighted by Crippen LogP contribution is -2.26. The molecule has 1 amide bonds. The zero-order valence-corrected chi connectivity index (χ0v) is 17.7. The molecule has 0 saturated heterocycles. The van der Waals surface area contributed by atoms with Crippen molar-refractivity contribution in [3.05, 3.63) is 93.7 Å². The maximum atomic E-state index is 13.1. The molecular weight excluding hydrogens is 445 g/mol. The molecule has 0 radical (unpaired) electrons. The number of carbonyl (C=O) groups excluding carboxylic acids is 1. The van der Waals surface area contributed by atoms with Crippen molar-refractivity contribution in [1.82, 2.24) is 5.32 Å². The van der Waals surface area contributed by atoms with E-state index in [4.69, 9.17) is 4.74 Å². The van der Waals surface area contributed by atoms with E-state index >= 15 is 0 Å². The first-order valence-corrected chi connectivity index (χ1v) is 10.5. The van der Waals surface area contributed by atoms with E-state index in [1.807, 2.05) is 24.3 Å². The quantitative estimate of drug-likeness (QED) is 0.388. The van der Waals surface area contributed by atoms with E-state index in [9.17, 15) is 9.18 Å². The maximum absolute atomic E-state index is 13.1. The molecule has 0 aromatic heterocycles. The van der Waals surface area contributed by atoms with Gasteiger partial charge < -0.3 is 10.1 Å². The SMILES string of the molecule is O=C(NCCC#Cc1ccc(F)cc1Br)OCC1c2ccccc2-c2ccccc21. The number of carbonyl (C=O) groups is 1. The lowest BCUT2D eigenvalue weighted by Gasteiger charge is -2.14. The molecule has 0 spiro atoms. The molecule has 4 rings (SSSR count). The van der Waals surface area contributed by atoms with Gasteiger partial charge in [-0.1, -0.05) is 60.4 Å². The van der Waals surface area contributed by atoms with Gasteiger partial charge in [-0.25, -0.2) is 9.18 Å². The number of nitrogens with one attached hydrogen (secondary N) is 1. The summed E-state index contributed by atoms with van der Waals surface area (Å²) in [6, 6.07) is 20.8. The fraction of sp³-hybridized carbons (Fsp3) is 0.160. The molecule has 150 valence electrons. The zero-order chi connectivity index (χ0) is 20.9. The van der Waals surface area contributed by atoms with Gasteiger partial charge in [-0.05, 0) is 56.4 Å². The number of benzene rings is 3. The molecule has 1 N–H and O–H groups in total. The molecule has 0 atom stereocenters. The molecule has 0 heterocycles. The number of fused-ring (bicyclic) bond motifs is 3. The van der Waals surface area contributed by atoms with Crippen LogP contribution in [0.2, 0.25) is 0 Å². The molecule has 0 unspecified atom stereocenters. The average molecular weight is 464 g/mol. The molecule has 0 saturated carbocycles. The minimum atomic E-state index is -0.457. The standard InChI is InChI=1S/C25H19BrFNO2/c26-24-15-18(27)13-12-17(24)7-5-6-14-28-25(29)30-16-23-21-10-3-1-8-19(21)20-9-2-4-11-22(20)23/h1-4,8-13,15,23H,6,14,16H2,(H,28,29). The summed E-state index contributed by atoms with van der Waals surface area (Å²) in [5.41, 5.74) is 5.47. The molecule has 3 nitrogen and oxygen atoms in total. The fourth-order valence-corrected chi connectivity index (χ4v) is 4.08. The number of hydrogen-bond acceptors (Lipinski definition) is 2. The van der Waals surface area contributed by atoms with Crippen LogP contribution in [0.4, 0.5) is 9.18 Å². The second-order valence-corrected chi connectivity index (χ2v) is 7.78. The van der Waals surface area contributed by atoms with Gasteiger partial charge in [-0.15, -0.1) is 0 Å². The zero-order valence-electron chi connectivity index (χ0n) is 16.1. The van der Waals surface area contributed by atoms with E-state index in [2.05, 4.69) is 57.4 Å². The average Bonchev–Trinajstić information content (AvgIpc) is 3.07. The maximum Gasteiger partial charge on any atom is 0.407 e. The Morgan fingerprint density at radius 1 is 1.03 bits per heavy atom. The Labute approximate surface area is 183 Å². The monoisotopic (exact) mass is 463 g/mol. The number of ether oxygens (including phenoxy) is 1. The molecule has 3 aromatic rings. The fourth-order valence-electron chi connectivity index (χ4n) is 3.63. The van der Waals surface area contributed by atoms with E-state index in [1.54, 1.807) is 6.07 Å². The number of rotatable bonds is 4. The Hall–Kier alpha value is -3.10. The highest BCUT2D eigenvalue weighted by atomic mass is 79.9. The van der Waals surface area contributed by atoms with Gasteiger partial charge in [-0.3, -0.25) is 0 Å². The van der Waals surface area contributed by atoms with Crippen LogP contribution in [0.15, 0.2) is 71.2 Å². The predicted molar refractivity (Wildman–Crippen MR) is 119 cm³/mol. The van der Waals surface area contributed by atoms with Gasteiger partial charge in [0.05, 0.1) is 0 Å². The summed E-state index contributed by atoms with van der Waals surface area (Å²) in [6.07, 6.45) is 0.00945. The van der Waals surface area contributed by atoms with Crippen molar-refractivity contribution in [2.75, 3.05) is 13.2 Å². The largest absolute Gasteiger partial charge is 0.449 e. The van der Waals surface area contributed by atoms with E-state index in [-0.39, 0.29) is 18.3 Å². The number of alkyl carbamates (subject to hydrolysis) is 1. The van der Waals surface area contributed by atoms with Crippen molar-refractivity contribution in [1.29, 1.82) is 0 Å². The Morgan fingerprint density at radius 2 is 1.70 bits per heavy atom. The van der Waals surface area contributed by atoms with E-state index in [0.29, 0.717) is 23.0 Å². The molecule has 30 heavy (non-hydrogen) atoms. The van der Waals surface area contributed by atoms with Gasteiger partial charge in [0.2, 0.25) is 0 Å². The molecule has 3 aromatic carbocycles. The highest BCUT2D eigenvalue weighted by Crippen LogP contribution is 2.44. The third-order valence-electron chi connectivity index (χ3n) is 5.02. The van der Waals surface area contributed by atoms with Crippen molar-refractivity contribution >= 4 is 22.0 Å². The lowest BCUT2D eigenvalue weighted by molar-refractivity contribution is 0.143.